The fraction of sp³-hybridized carbons (Fsp3) is 0.423. The maximum Gasteiger partial charge on any atom is 0.338 e. The van der Waals surface area contributed by atoms with Crippen LogP contribution in [0.4, 0.5) is 0 Å². The largest absolute Gasteiger partial charge is 0.493 e. The summed E-state index contributed by atoms with van der Waals surface area (Å²) in [6.07, 6.45) is 2.85. The van der Waals surface area contributed by atoms with Gasteiger partial charge in [0.05, 0.1) is 31.9 Å². The Hall–Kier alpha value is -3.59. The molecular weight excluding hydrogens is 452 g/mol. The number of methoxy groups -OCH3 is 1. The lowest BCUT2D eigenvalue weighted by Crippen LogP contribution is -2.43. The molecule has 1 N–H and O–H groups in total. The molecule has 2 aliphatic rings. The summed E-state index contributed by atoms with van der Waals surface area (Å²) in [5, 5.41) is 2.96. The van der Waals surface area contributed by atoms with Gasteiger partial charge in [0, 0.05) is 13.1 Å². The van der Waals surface area contributed by atoms with Gasteiger partial charge in [-0.2, -0.15) is 0 Å². The fourth-order valence-corrected chi connectivity index (χ4v) is 4.31. The predicted molar refractivity (Wildman–Crippen MR) is 126 cm³/mol. The minimum atomic E-state index is -0.654. The molecule has 0 unspecified atom stereocenters. The maximum atomic E-state index is 12.5. The molecule has 1 fully saturated rings. The van der Waals surface area contributed by atoms with Crippen LogP contribution in [0.25, 0.3) is 0 Å². The average molecular weight is 483 g/mol. The molecule has 2 aromatic carbocycles. The normalized spacial score (nSPS) is 17.2. The summed E-state index contributed by atoms with van der Waals surface area (Å²) < 4.78 is 21.4. The molecule has 4 rings (SSSR count). The van der Waals surface area contributed by atoms with Crippen molar-refractivity contribution in [1.29, 1.82) is 0 Å². The van der Waals surface area contributed by atoms with E-state index in [1.54, 1.807) is 11.0 Å². The Morgan fingerprint density at radius 1 is 1.06 bits per heavy atom. The van der Waals surface area contributed by atoms with Crippen molar-refractivity contribution in [3.05, 3.63) is 59.2 Å². The van der Waals surface area contributed by atoms with Crippen molar-refractivity contribution >= 4 is 17.8 Å². The Kier molecular flexibility index (Phi) is 8.20. The molecular formula is C26H30N2O7. The van der Waals surface area contributed by atoms with Gasteiger partial charge in [0.15, 0.2) is 24.7 Å². The van der Waals surface area contributed by atoms with Gasteiger partial charge in [-0.05, 0) is 48.6 Å². The fourth-order valence-electron chi connectivity index (χ4n) is 4.31. The van der Waals surface area contributed by atoms with Crippen molar-refractivity contribution in [1.82, 2.24) is 10.2 Å². The first-order valence-electron chi connectivity index (χ1n) is 11.8. The van der Waals surface area contributed by atoms with E-state index in [9.17, 15) is 14.4 Å². The molecule has 9 nitrogen and oxygen atoms in total. The average Bonchev–Trinajstić information content (AvgIpc) is 2.91. The van der Waals surface area contributed by atoms with Crippen molar-refractivity contribution in [2.75, 3.05) is 46.6 Å². The monoisotopic (exact) mass is 482 g/mol. The number of esters is 1. The second kappa shape index (κ2) is 11.7. The summed E-state index contributed by atoms with van der Waals surface area (Å²) >= 11 is 0. The van der Waals surface area contributed by atoms with Crippen molar-refractivity contribution in [3.8, 4) is 11.5 Å². The Morgan fingerprint density at radius 2 is 1.86 bits per heavy atom. The van der Waals surface area contributed by atoms with Gasteiger partial charge in [-0.15, -0.1) is 0 Å². The lowest BCUT2D eigenvalue weighted by Gasteiger charge is -2.26. The van der Waals surface area contributed by atoms with E-state index in [1.807, 2.05) is 18.2 Å². The van der Waals surface area contributed by atoms with Crippen LogP contribution >= 0.6 is 0 Å². The molecule has 0 aromatic heterocycles. The van der Waals surface area contributed by atoms with Crippen LogP contribution in [0, 0.1) is 0 Å². The first kappa shape index (κ1) is 24.5. The van der Waals surface area contributed by atoms with Crippen LogP contribution in [-0.4, -0.2) is 69.3 Å². The summed E-state index contributed by atoms with van der Waals surface area (Å²) in [4.78, 5) is 38.9. The Bertz CT molecular complexity index is 1070. The molecule has 0 radical (unpaired) electrons. The molecule has 9 heteroatoms. The molecule has 2 aromatic rings. The quantitative estimate of drug-likeness (QED) is 0.576. The van der Waals surface area contributed by atoms with E-state index in [2.05, 4.69) is 11.4 Å². The van der Waals surface area contributed by atoms with Gasteiger partial charge in [-0.1, -0.05) is 24.3 Å². The van der Waals surface area contributed by atoms with E-state index in [1.165, 1.54) is 24.8 Å². The van der Waals surface area contributed by atoms with Crippen molar-refractivity contribution in [3.63, 3.8) is 0 Å². The third kappa shape index (κ3) is 6.30. The molecule has 1 saturated heterocycles. The molecule has 2 amide bonds. The van der Waals surface area contributed by atoms with Crippen LogP contribution in [0.1, 0.15) is 40.4 Å². The zero-order valence-electron chi connectivity index (χ0n) is 19.8. The Balaban J connectivity index is 1.29. The number of carbonyl (C=O) groups excluding carboxylic acids is 3. The molecule has 1 aliphatic carbocycles. The number of nitrogens with one attached hydrogen (secondary N) is 1. The predicted octanol–water partition coefficient (Wildman–Crippen LogP) is 2.28. The number of ether oxygens (including phenoxy) is 4. The molecule has 35 heavy (non-hydrogen) atoms. The second-order valence-corrected chi connectivity index (χ2v) is 8.43. The first-order chi connectivity index (χ1) is 17.0. The molecule has 0 spiro atoms. The molecule has 0 bridgehead atoms. The summed E-state index contributed by atoms with van der Waals surface area (Å²) in [7, 11) is 1.44. The molecule has 1 aliphatic heterocycles. The van der Waals surface area contributed by atoms with E-state index < -0.39 is 5.97 Å². The van der Waals surface area contributed by atoms with Gasteiger partial charge in [-0.25, -0.2) is 4.79 Å². The van der Waals surface area contributed by atoms with Gasteiger partial charge in [0.2, 0.25) is 0 Å². The summed E-state index contributed by atoms with van der Waals surface area (Å²) in [5.41, 5.74) is 2.57. The van der Waals surface area contributed by atoms with Crippen molar-refractivity contribution in [2.45, 2.75) is 25.3 Å². The molecule has 0 saturated carbocycles. The number of amides is 2. The number of fused-ring (bicyclic) bond motifs is 1. The molecule has 1 atom stereocenters. The minimum Gasteiger partial charge on any atom is -0.493 e. The van der Waals surface area contributed by atoms with E-state index in [0.29, 0.717) is 32.1 Å². The zero-order chi connectivity index (χ0) is 24.6. The molecule has 1 heterocycles. The number of aryl methyl sites for hydroxylation is 1. The van der Waals surface area contributed by atoms with Crippen LogP contribution in [0.5, 0.6) is 11.5 Å². The number of benzene rings is 2. The van der Waals surface area contributed by atoms with Gasteiger partial charge in [-0.3, -0.25) is 9.59 Å². The number of nitrogens with zero attached hydrogens (tertiary/aromatic N) is 1. The third-order valence-corrected chi connectivity index (χ3v) is 6.15. The SMILES string of the molecule is COc1cc(C(=O)OCC(=O)N[C@H]2CCCc3ccccc32)ccc1OCC(=O)N1CCOCC1. The van der Waals surface area contributed by atoms with E-state index in [0.717, 1.165) is 24.8 Å². The molecule has 186 valence electrons. The summed E-state index contributed by atoms with van der Waals surface area (Å²) in [5.74, 6) is -0.533. The highest BCUT2D eigenvalue weighted by Gasteiger charge is 2.22. The Labute approximate surface area is 204 Å². The van der Waals surface area contributed by atoms with Crippen LogP contribution in [0.15, 0.2) is 42.5 Å². The number of rotatable bonds is 8. The van der Waals surface area contributed by atoms with E-state index in [-0.39, 0.29) is 42.4 Å². The minimum absolute atomic E-state index is 0.0807. The van der Waals surface area contributed by atoms with Crippen LogP contribution in [-0.2, 0) is 25.5 Å². The second-order valence-electron chi connectivity index (χ2n) is 8.43. The van der Waals surface area contributed by atoms with Crippen molar-refractivity contribution in [2.24, 2.45) is 0 Å². The van der Waals surface area contributed by atoms with E-state index in [4.69, 9.17) is 18.9 Å². The maximum absolute atomic E-state index is 12.5. The first-order valence-corrected chi connectivity index (χ1v) is 11.8. The van der Waals surface area contributed by atoms with Gasteiger partial charge >= 0.3 is 5.97 Å². The Morgan fingerprint density at radius 3 is 2.66 bits per heavy atom. The number of hydrogen-bond donors (Lipinski definition) is 1. The van der Waals surface area contributed by atoms with Gasteiger partial charge in [0.1, 0.15) is 0 Å². The lowest BCUT2D eigenvalue weighted by atomic mass is 9.88. The number of morpholine rings is 1. The van der Waals surface area contributed by atoms with Crippen LogP contribution < -0.4 is 14.8 Å². The highest BCUT2D eigenvalue weighted by atomic mass is 16.5. The topological polar surface area (TPSA) is 103 Å². The zero-order valence-corrected chi connectivity index (χ0v) is 19.8. The van der Waals surface area contributed by atoms with Gasteiger partial charge in [0.25, 0.3) is 11.8 Å². The van der Waals surface area contributed by atoms with Crippen molar-refractivity contribution < 1.29 is 33.3 Å². The van der Waals surface area contributed by atoms with E-state index >= 15 is 0 Å². The highest BCUT2D eigenvalue weighted by Crippen LogP contribution is 2.30. The van der Waals surface area contributed by atoms with Crippen LogP contribution in [0.2, 0.25) is 0 Å². The van der Waals surface area contributed by atoms with Gasteiger partial charge < -0.3 is 29.2 Å². The highest BCUT2D eigenvalue weighted by molar-refractivity contribution is 5.92. The summed E-state index contributed by atoms with van der Waals surface area (Å²) in [6.45, 7) is 1.56. The smallest absolute Gasteiger partial charge is 0.338 e. The van der Waals surface area contributed by atoms with Crippen LogP contribution in [0.3, 0.4) is 0 Å². The lowest BCUT2D eigenvalue weighted by molar-refractivity contribution is -0.137. The number of carbonyl (C=O) groups is 3. The summed E-state index contributed by atoms with van der Waals surface area (Å²) in [6, 6.07) is 12.5. The number of hydrogen-bond acceptors (Lipinski definition) is 7. The standard InChI is InChI=1S/C26H30N2O7/c1-32-23-15-19(9-10-22(23)34-17-25(30)28-11-13-33-14-12-28)26(31)35-16-24(29)27-21-8-4-6-18-5-2-3-7-20(18)21/h2-3,5,7,9-10,15,21H,4,6,8,11-14,16-17H2,1H3,(H,27,29)/t21-/m0/s1. The third-order valence-electron chi connectivity index (χ3n) is 6.15.